The summed E-state index contributed by atoms with van der Waals surface area (Å²) in [6, 6.07) is 11.9. The lowest BCUT2D eigenvalue weighted by molar-refractivity contribution is -0.119. The smallest absolute Gasteiger partial charge is 0.245 e. The van der Waals surface area contributed by atoms with Crippen molar-refractivity contribution in [2.45, 2.75) is 23.6 Å². The third-order valence-corrected chi connectivity index (χ3v) is 5.64. The quantitative estimate of drug-likeness (QED) is 0.831. The minimum atomic E-state index is 0.0663. The predicted octanol–water partition coefficient (Wildman–Crippen LogP) is 3.89. The van der Waals surface area contributed by atoms with Crippen LogP contribution in [0.2, 0.25) is 0 Å². The van der Waals surface area contributed by atoms with Gasteiger partial charge < -0.3 is 9.47 Å². The molecule has 2 heterocycles. The van der Waals surface area contributed by atoms with Crippen LogP contribution in [-0.2, 0) is 4.79 Å². The van der Waals surface area contributed by atoms with Crippen molar-refractivity contribution >= 4 is 29.0 Å². The summed E-state index contributed by atoms with van der Waals surface area (Å²) >= 11 is 1.66. The van der Waals surface area contributed by atoms with Gasteiger partial charge in [0.2, 0.25) is 12.7 Å². The van der Waals surface area contributed by atoms with Crippen molar-refractivity contribution in [1.82, 2.24) is 4.90 Å². The van der Waals surface area contributed by atoms with Crippen LogP contribution in [0.3, 0.4) is 0 Å². The first-order valence-electron chi connectivity index (χ1n) is 8.47. The number of amides is 1. The van der Waals surface area contributed by atoms with E-state index in [1.807, 2.05) is 41.3 Å². The van der Waals surface area contributed by atoms with Crippen molar-refractivity contribution in [3.63, 3.8) is 0 Å². The Morgan fingerprint density at radius 3 is 2.56 bits per heavy atom. The van der Waals surface area contributed by atoms with Gasteiger partial charge in [-0.25, -0.2) is 0 Å². The summed E-state index contributed by atoms with van der Waals surface area (Å²) in [6.45, 7) is 6.45. The molecule has 25 heavy (non-hydrogen) atoms. The van der Waals surface area contributed by atoms with E-state index >= 15 is 0 Å². The summed E-state index contributed by atoms with van der Waals surface area (Å²) < 4.78 is 11.0. The Hall–Kier alpha value is -2.18. The van der Waals surface area contributed by atoms with E-state index in [1.54, 1.807) is 11.8 Å². The zero-order valence-electron chi connectivity index (χ0n) is 14.3. The number of nitrogens with zero attached hydrogens (tertiary/aromatic N) is 2. The molecule has 0 saturated carbocycles. The van der Waals surface area contributed by atoms with Crippen molar-refractivity contribution < 1.29 is 14.3 Å². The normalized spacial score (nSPS) is 14.4. The highest BCUT2D eigenvalue weighted by Gasteiger charge is 2.31. The number of anilines is 2. The number of rotatable bonds is 4. The molecule has 5 nitrogen and oxygen atoms in total. The SMILES string of the molecule is CCN(CC)CC(=O)N1c2ccccc2Sc2cc3c(cc21)OCO3. The molecule has 4 rings (SSSR count). The Morgan fingerprint density at radius 1 is 1.08 bits per heavy atom. The van der Waals surface area contributed by atoms with Crippen LogP contribution in [0.5, 0.6) is 11.5 Å². The van der Waals surface area contributed by atoms with E-state index < -0.39 is 0 Å². The molecular formula is C19H20N2O3S. The average molecular weight is 356 g/mol. The molecule has 0 aliphatic carbocycles. The van der Waals surface area contributed by atoms with E-state index in [-0.39, 0.29) is 12.7 Å². The standard InChI is InChI=1S/C19H20N2O3S/c1-3-20(4-2)11-19(22)21-13-7-5-6-8-17(13)25-18-10-16-15(9-14(18)21)23-12-24-16/h5-10H,3-4,11-12H2,1-2H3. The van der Waals surface area contributed by atoms with Crippen LogP contribution in [0, 0.1) is 0 Å². The molecule has 0 saturated heterocycles. The van der Waals surface area contributed by atoms with Gasteiger partial charge in [0.15, 0.2) is 11.5 Å². The van der Waals surface area contributed by atoms with Crippen LogP contribution < -0.4 is 14.4 Å². The molecule has 2 aromatic carbocycles. The van der Waals surface area contributed by atoms with Crippen LogP contribution in [0.25, 0.3) is 0 Å². The lowest BCUT2D eigenvalue weighted by atomic mass is 10.2. The van der Waals surface area contributed by atoms with Crippen molar-refractivity contribution in [2.24, 2.45) is 0 Å². The Labute approximate surface area is 151 Å². The Bertz CT molecular complexity index is 820. The first kappa shape index (κ1) is 16.3. The molecule has 0 radical (unpaired) electrons. The van der Waals surface area contributed by atoms with E-state index in [0.29, 0.717) is 12.3 Å². The third-order valence-electron chi connectivity index (χ3n) is 4.52. The number of carbonyl (C=O) groups is 1. The second-order valence-electron chi connectivity index (χ2n) is 5.93. The van der Waals surface area contributed by atoms with E-state index in [9.17, 15) is 4.79 Å². The lowest BCUT2D eigenvalue weighted by Crippen LogP contribution is -2.39. The molecule has 0 bridgehead atoms. The van der Waals surface area contributed by atoms with Crippen LogP contribution >= 0.6 is 11.8 Å². The van der Waals surface area contributed by atoms with Gasteiger partial charge in [0.25, 0.3) is 0 Å². The van der Waals surface area contributed by atoms with Gasteiger partial charge in [0.05, 0.1) is 17.9 Å². The molecule has 1 amide bonds. The first-order valence-corrected chi connectivity index (χ1v) is 9.28. The molecule has 2 aliphatic rings. The van der Waals surface area contributed by atoms with Gasteiger partial charge >= 0.3 is 0 Å². The fourth-order valence-corrected chi connectivity index (χ4v) is 4.19. The van der Waals surface area contributed by atoms with Crippen LogP contribution in [-0.4, -0.2) is 37.2 Å². The summed E-state index contributed by atoms with van der Waals surface area (Å²) in [7, 11) is 0. The van der Waals surface area contributed by atoms with Crippen molar-refractivity contribution in [3.05, 3.63) is 36.4 Å². The number of likely N-dealkylation sites (N-methyl/N-ethyl adjacent to an activating group) is 1. The average Bonchev–Trinajstić information content (AvgIpc) is 3.09. The maximum absolute atomic E-state index is 13.2. The summed E-state index contributed by atoms with van der Waals surface area (Å²) in [5, 5.41) is 0. The second kappa shape index (κ2) is 6.61. The molecule has 2 aliphatic heterocycles. The topological polar surface area (TPSA) is 42.0 Å². The number of benzene rings is 2. The zero-order valence-corrected chi connectivity index (χ0v) is 15.1. The van der Waals surface area contributed by atoms with Gasteiger partial charge in [-0.1, -0.05) is 37.7 Å². The minimum Gasteiger partial charge on any atom is -0.454 e. The number of para-hydroxylation sites is 1. The number of fused-ring (bicyclic) bond motifs is 3. The minimum absolute atomic E-state index is 0.0663. The van der Waals surface area contributed by atoms with E-state index in [0.717, 1.165) is 40.0 Å². The molecule has 0 N–H and O–H groups in total. The Balaban J connectivity index is 1.78. The Kier molecular flexibility index (Phi) is 4.31. The monoisotopic (exact) mass is 356 g/mol. The molecule has 2 aromatic rings. The highest BCUT2D eigenvalue weighted by atomic mass is 32.2. The molecule has 0 aromatic heterocycles. The highest BCUT2D eigenvalue weighted by molar-refractivity contribution is 7.99. The number of hydrogen-bond acceptors (Lipinski definition) is 5. The van der Waals surface area contributed by atoms with E-state index in [1.165, 1.54) is 0 Å². The van der Waals surface area contributed by atoms with E-state index in [2.05, 4.69) is 18.7 Å². The highest BCUT2D eigenvalue weighted by Crippen LogP contribution is 2.52. The molecule has 0 spiro atoms. The van der Waals surface area contributed by atoms with Gasteiger partial charge in [0, 0.05) is 21.9 Å². The van der Waals surface area contributed by atoms with Crippen molar-refractivity contribution in [2.75, 3.05) is 31.3 Å². The predicted molar refractivity (Wildman–Crippen MR) is 98.1 cm³/mol. The van der Waals surface area contributed by atoms with Gasteiger partial charge in [0.1, 0.15) is 0 Å². The van der Waals surface area contributed by atoms with Crippen LogP contribution in [0.1, 0.15) is 13.8 Å². The fourth-order valence-electron chi connectivity index (χ4n) is 3.12. The van der Waals surface area contributed by atoms with Crippen LogP contribution in [0.4, 0.5) is 11.4 Å². The van der Waals surface area contributed by atoms with Gasteiger partial charge in [-0.2, -0.15) is 0 Å². The summed E-state index contributed by atoms with van der Waals surface area (Å²) in [6.07, 6.45) is 0. The fraction of sp³-hybridized carbons (Fsp3) is 0.316. The summed E-state index contributed by atoms with van der Waals surface area (Å²) in [5.74, 6) is 1.50. The molecule has 0 atom stereocenters. The largest absolute Gasteiger partial charge is 0.454 e. The summed E-state index contributed by atoms with van der Waals surface area (Å²) in [5.41, 5.74) is 1.79. The third kappa shape index (κ3) is 2.85. The molecule has 6 heteroatoms. The maximum atomic E-state index is 13.2. The summed E-state index contributed by atoms with van der Waals surface area (Å²) in [4.78, 5) is 19.2. The van der Waals surface area contributed by atoms with Gasteiger partial charge in [-0.05, 0) is 25.2 Å². The second-order valence-corrected chi connectivity index (χ2v) is 7.02. The van der Waals surface area contributed by atoms with E-state index in [4.69, 9.17) is 9.47 Å². The van der Waals surface area contributed by atoms with Gasteiger partial charge in [-0.15, -0.1) is 0 Å². The number of hydrogen-bond donors (Lipinski definition) is 0. The van der Waals surface area contributed by atoms with Crippen molar-refractivity contribution in [1.29, 1.82) is 0 Å². The van der Waals surface area contributed by atoms with Gasteiger partial charge in [-0.3, -0.25) is 14.6 Å². The van der Waals surface area contributed by atoms with Crippen molar-refractivity contribution in [3.8, 4) is 11.5 Å². The Morgan fingerprint density at radius 2 is 1.80 bits per heavy atom. The zero-order chi connectivity index (χ0) is 17.4. The molecule has 130 valence electrons. The number of carbonyl (C=O) groups excluding carboxylic acids is 1. The molecule has 0 fully saturated rings. The molecular weight excluding hydrogens is 336 g/mol. The lowest BCUT2D eigenvalue weighted by Gasteiger charge is -2.32. The van der Waals surface area contributed by atoms with Crippen LogP contribution in [0.15, 0.2) is 46.2 Å². The molecule has 0 unspecified atom stereocenters. The first-order chi connectivity index (χ1) is 12.2. The number of ether oxygens (including phenoxy) is 2. The maximum Gasteiger partial charge on any atom is 0.245 e.